The van der Waals surface area contributed by atoms with E-state index in [1.807, 2.05) is 18.7 Å². The van der Waals surface area contributed by atoms with Crippen LogP contribution in [0.25, 0.3) is 10.2 Å². The SMILES string of the molecule is Cc1ccc2sc(C3CCN(C(=O)c4ccc([C@@]5(C(C)C)NC(=O)NC5=O)cc4)CC3)nc2c1. The van der Waals surface area contributed by atoms with Gasteiger partial charge in [0.05, 0.1) is 15.2 Å². The molecule has 4 amide bonds. The van der Waals surface area contributed by atoms with Crippen molar-refractivity contribution in [2.75, 3.05) is 13.1 Å². The third kappa shape index (κ3) is 3.76. The topological polar surface area (TPSA) is 91.4 Å². The monoisotopic (exact) mass is 476 g/mol. The van der Waals surface area contributed by atoms with Crippen LogP contribution in [0.15, 0.2) is 42.5 Å². The van der Waals surface area contributed by atoms with Crippen LogP contribution in [0.1, 0.15) is 59.1 Å². The molecule has 0 unspecified atom stereocenters. The van der Waals surface area contributed by atoms with Gasteiger partial charge in [0.15, 0.2) is 0 Å². The van der Waals surface area contributed by atoms with E-state index in [-0.39, 0.29) is 17.7 Å². The van der Waals surface area contributed by atoms with Gasteiger partial charge in [-0.05, 0) is 61.1 Å². The Kier molecular flexibility index (Phi) is 5.64. The lowest BCUT2D eigenvalue weighted by atomic mass is 9.79. The fraction of sp³-hybridized carbons (Fsp3) is 0.385. The summed E-state index contributed by atoms with van der Waals surface area (Å²) < 4.78 is 1.21. The van der Waals surface area contributed by atoms with Gasteiger partial charge in [-0.25, -0.2) is 9.78 Å². The summed E-state index contributed by atoms with van der Waals surface area (Å²) in [6.07, 6.45) is 1.79. The zero-order valence-corrected chi connectivity index (χ0v) is 20.4. The molecule has 2 saturated heterocycles. The molecular formula is C26H28N4O3S. The molecule has 7 nitrogen and oxygen atoms in total. The molecule has 2 aromatic carbocycles. The van der Waals surface area contributed by atoms with Crippen molar-refractivity contribution in [1.29, 1.82) is 0 Å². The second kappa shape index (κ2) is 8.51. The molecule has 3 aromatic rings. The molecule has 5 rings (SSSR count). The third-order valence-electron chi connectivity index (χ3n) is 7.04. The van der Waals surface area contributed by atoms with Crippen molar-refractivity contribution in [3.63, 3.8) is 0 Å². The molecule has 0 radical (unpaired) electrons. The maximum Gasteiger partial charge on any atom is 0.322 e. The molecule has 1 aromatic heterocycles. The van der Waals surface area contributed by atoms with Crippen LogP contribution in [0, 0.1) is 12.8 Å². The smallest absolute Gasteiger partial charge is 0.322 e. The maximum absolute atomic E-state index is 13.1. The Hall–Kier alpha value is -3.26. The number of thiazole rings is 1. The van der Waals surface area contributed by atoms with Gasteiger partial charge >= 0.3 is 6.03 Å². The fourth-order valence-electron chi connectivity index (χ4n) is 5.03. The van der Waals surface area contributed by atoms with Gasteiger partial charge < -0.3 is 10.2 Å². The van der Waals surface area contributed by atoms with Crippen LogP contribution in [0.2, 0.25) is 0 Å². The predicted molar refractivity (Wildman–Crippen MR) is 132 cm³/mol. The number of imide groups is 1. The molecule has 8 heteroatoms. The number of urea groups is 1. The lowest BCUT2D eigenvalue weighted by Crippen LogP contribution is -2.48. The summed E-state index contributed by atoms with van der Waals surface area (Å²) in [5.41, 5.74) is 2.41. The zero-order valence-electron chi connectivity index (χ0n) is 19.6. The number of nitrogens with zero attached hydrogens (tertiary/aromatic N) is 2. The second-order valence-corrected chi connectivity index (χ2v) is 10.6. The average Bonchev–Trinajstić information content (AvgIpc) is 3.39. The number of piperidine rings is 1. The quantitative estimate of drug-likeness (QED) is 0.549. The molecular weight excluding hydrogens is 448 g/mol. The van der Waals surface area contributed by atoms with Gasteiger partial charge in [-0.15, -0.1) is 11.3 Å². The lowest BCUT2D eigenvalue weighted by Gasteiger charge is -2.32. The highest BCUT2D eigenvalue weighted by Gasteiger charge is 2.50. The van der Waals surface area contributed by atoms with Crippen LogP contribution in [-0.4, -0.2) is 40.8 Å². The van der Waals surface area contributed by atoms with Gasteiger partial charge in [-0.3, -0.25) is 14.9 Å². The van der Waals surface area contributed by atoms with E-state index in [0.29, 0.717) is 30.1 Å². The number of hydrogen-bond donors (Lipinski definition) is 2. The van der Waals surface area contributed by atoms with Gasteiger partial charge in [-0.2, -0.15) is 0 Å². The van der Waals surface area contributed by atoms with Crippen molar-refractivity contribution in [3.8, 4) is 0 Å². The first kappa shape index (κ1) is 22.5. The number of likely N-dealkylation sites (tertiary alicyclic amines) is 1. The first-order valence-corrected chi connectivity index (χ1v) is 12.5. The van der Waals surface area contributed by atoms with Crippen molar-refractivity contribution in [2.24, 2.45) is 5.92 Å². The Bertz CT molecular complexity index is 1270. The van der Waals surface area contributed by atoms with Crippen molar-refractivity contribution in [3.05, 3.63) is 64.2 Å². The largest absolute Gasteiger partial charge is 0.339 e. The summed E-state index contributed by atoms with van der Waals surface area (Å²) in [7, 11) is 0. The molecule has 2 aliphatic rings. The van der Waals surface area contributed by atoms with Crippen LogP contribution < -0.4 is 10.6 Å². The molecule has 176 valence electrons. The molecule has 1 atom stereocenters. The Balaban J connectivity index is 1.27. The zero-order chi connectivity index (χ0) is 24.0. The van der Waals surface area contributed by atoms with Gasteiger partial charge in [0.1, 0.15) is 5.54 Å². The minimum atomic E-state index is -1.12. The molecule has 0 saturated carbocycles. The van der Waals surface area contributed by atoms with Crippen LogP contribution in [-0.2, 0) is 10.3 Å². The predicted octanol–water partition coefficient (Wildman–Crippen LogP) is 4.32. The molecule has 0 spiro atoms. The third-order valence-corrected chi connectivity index (χ3v) is 8.24. The Labute approximate surface area is 202 Å². The number of aryl methyl sites for hydroxylation is 1. The van der Waals surface area contributed by atoms with Crippen LogP contribution in [0.5, 0.6) is 0 Å². The highest BCUT2D eigenvalue weighted by atomic mass is 32.1. The summed E-state index contributed by atoms with van der Waals surface area (Å²) >= 11 is 1.76. The van der Waals surface area contributed by atoms with Gasteiger partial charge in [0.2, 0.25) is 0 Å². The Morgan fingerprint density at radius 1 is 1.12 bits per heavy atom. The number of fused-ring (bicyclic) bond motifs is 1. The van der Waals surface area contributed by atoms with Crippen LogP contribution >= 0.6 is 11.3 Å². The maximum atomic E-state index is 13.1. The minimum absolute atomic E-state index is 0.0107. The number of carbonyl (C=O) groups excluding carboxylic acids is 3. The standard InChI is InChI=1S/C26H28N4O3S/c1-15(2)26(24(32)28-25(33)29-26)19-7-5-18(6-8-19)23(31)30-12-10-17(11-13-30)22-27-20-14-16(3)4-9-21(20)34-22/h4-9,14-15,17H,10-13H2,1-3H3,(H2,28,29,32,33)/t26-/m1/s1. The van der Waals surface area contributed by atoms with Crippen LogP contribution in [0.4, 0.5) is 4.79 Å². The van der Waals surface area contributed by atoms with Crippen LogP contribution in [0.3, 0.4) is 0 Å². The minimum Gasteiger partial charge on any atom is -0.339 e. The molecule has 2 aliphatic heterocycles. The van der Waals surface area contributed by atoms with Crippen molar-refractivity contribution < 1.29 is 14.4 Å². The van der Waals surface area contributed by atoms with E-state index in [0.717, 1.165) is 23.4 Å². The summed E-state index contributed by atoms with van der Waals surface area (Å²) in [5.74, 6) is -0.146. The highest BCUT2D eigenvalue weighted by Crippen LogP contribution is 2.35. The Morgan fingerprint density at radius 3 is 2.44 bits per heavy atom. The number of aromatic nitrogens is 1. The van der Waals surface area contributed by atoms with Crippen molar-refractivity contribution in [2.45, 2.75) is 45.1 Å². The number of nitrogens with one attached hydrogen (secondary N) is 2. The number of amides is 4. The summed E-state index contributed by atoms with van der Waals surface area (Å²) in [6, 6.07) is 12.9. The lowest BCUT2D eigenvalue weighted by molar-refractivity contribution is -0.125. The first-order chi connectivity index (χ1) is 16.3. The fourth-order valence-corrected chi connectivity index (χ4v) is 6.15. The van der Waals surface area contributed by atoms with E-state index in [4.69, 9.17) is 4.98 Å². The first-order valence-electron chi connectivity index (χ1n) is 11.7. The number of rotatable bonds is 4. The molecule has 0 bridgehead atoms. The number of benzene rings is 2. The second-order valence-electron chi connectivity index (χ2n) is 9.54. The summed E-state index contributed by atoms with van der Waals surface area (Å²) in [6.45, 7) is 7.24. The normalized spacial score (nSPS) is 21.2. The van der Waals surface area contributed by atoms with E-state index < -0.39 is 11.6 Å². The highest BCUT2D eigenvalue weighted by molar-refractivity contribution is 7.18. The van der Waals surface area contributed by atoms with Gasteiger partial charge in [-0.1, -0.05) is 32.0 Å². The van der Waals surface area contributed by atoms with Crippen molar-refractivity contribution in [1.82, 2.24) is 20.5 Å². The molecule has 34 heavy (non-hydrogen) atoms. The number of carbonyl (C=O) groups is 3. The number of hydrogen-bond acceptors (Lipinski definition) is 5. The molecule has 2 N–H and O–H groups in total. The molecule has 3 heterocycles. The van der Waals surface area contributed by atoms with E-state index in [1.165, 1.54) is 10.3 Å². The molecule has 0 aliphatic carbocycles. The van der Waals surface area contributed by atoms with E-state index in [2.05, 4.69) is 35.8 Å². The summed E-state index contributed by atoms with van der Waals surface area (Å²) in [4.78, 5) is 44.3. The van der Waals surface area contributed by atoms with Crippen molar-refractivity contribution >= 4 is 39.4 Å². The van der Waals surface area contributed by atoms with E-state index in [1.54, 1.807) is 35.6 Å². The van der Waals surface area contributed by atoms with Gasteiger partial charge in [0, 0.05) is 24.6 Å². The Morgan fingerprint density at radius 2 is 1.82 bits per heavy atom. The summed E-state index contributed by atoms with van der Waals surface area (Å²) in [5, 5.41) is 6.28. The average molecular weight is 477 g/mol. The van der Waals surface area contributed by atoms with E-state index in [9.17, 15) is 14.4 Å². The molecule has 2 fully saturated rings. The van der Waals surface area contributed by atoms with E-state index >= 15 is 0 Å². The van der Waals surface area contributed by atoms with Gasteiger partial charge in [0.25, 0.3) is 11.8 Å².